The van der Waals surface area contributed by atoms with Crippen LogP contribution < -0.4 is 5.32 Å². The van der Waals surface area contributed by atoms with E-state index in [1.54, 1.807) is 0 Å². The zero-order chi connectivity index (χ0) is 14.4. The molecule has 6 nitrogen and oxygen atoms in total. The summed E-state index contributed by atoms with van der Waals surface area (Å²) in [5, 5.41) is 2.64. The van der Waals surface area contributed by atoms with Crippen LogP contribution in [0.4, 0.5) is 4.79 Å². The van der Waals surface area contributed by atoms with Gasteiger partial charge in [0.05, 0.1) is 19.8 Å². The monoisotopic (exact) mass is 273 g/mol. The van der Waals surface area contributed by atoms with E-state index in [0.29, 0.717) is 25.5 Å². The fourth-order valence-electron chi connectivity index (χ4n) is 1.96. The van der Waals surface area contributed by atoms with Crippen LogP contribution in [0, 0.1) is 11.8 Å². The minimum absolute atomic E-state index is 0.0888. The van der Waals surface area contributed by atoms with Crippen LogP contribution in [0.3, 0.4) is 0 Å². The molecule has 110 valence electrons. The molecule has 0 aromatic carbocycles. The van der Waals surface area contributed by atoms with Gasteiger partial charge in [-0.05, 0) is 18.3 Å². The van der Waals surface area contributed by atoms with Crippen molar-refractivity contribution in [3.8, 4) is 0 Å². The number of esters is 1. The van der Waals surface area contributed by atoms with Crippen molar-refractivity contribution < 1.29 is 23.8 Å². The minimum Gasteiger partial charge on any atom is -0.467 e. The molecule has 6 heteroatoms. The number of alkyl carbamates (subject to hydrolysis) is 1. The normalized spacial score (nSPS) is 26.3. The van der Waals surface area contributed by atoms with E-state index >= 15 is 0 Å². The van der Waals surface area contributed by atoms with Crippen molar-refractivity contribution in [1.82, 2.24) is 5.32 Å². The number of hydrogen-bond acceptors (Lipinski definition) is 5. The number of methoxy groups -OCH3 is 1. The number of amides is 1. The smallest absolute Gasteiger partial charge is 0.407 e. The second-order valence-corrected chi connectivity index (χ2v) is 5.29. The Labute approximate surface area is 113 Å². The summed E-state index contributed by atoms with van der Waals surface area (Å²) < 4.78 is 15.2. The molecular weight excluding hydrogens is 250 g/mol. The van der Waals surface area contributed by atoms with Crippen LogP contribution in [0.5, 0.6) is 0 Å². The second kappa shape index (κ2) is 7.33. The molecule has 1 aliphatic heterocycles. The van der Waals surface area contributed by atoms with Gasteiger partial charge in [0.1, 0.15) is 0 Å². The van der Waals surface area contributed by atoms with Gasteiger partial charge in [0, 0.05) is 6.54 Å². The topological polar surface area (TPSA) is 73.9 Å². The van der Waals surface area contributed by atoms with Crippen molar-refractivity contribution in [3.63, 3.8) is 0 Å². The van der Waals surface area contributed by atoms with Crippen molar-refractivity contribution in [2.45, 2.75) is 39.4 Å². The Morgan fingerprint density at radius 3 is 2.68 bits per heavy atom. The fourth-order valence-corrected chi connectivity index (χ4v) is 1.96. The lowest BCUT2D eigenvalue weighted by Crippen LogP contribution is -2.34. The molecule has 1 amide bonds. The van der Waals surface area contributed by atoms with E-state index < -0.39 is 12.2 Å². The van der Waals surface area contributed by atoms with Gasteiger partial charge in [-0.25, -0.2) is 9.59 Å². The van der Waals surface area contributed by atoms with E-state index in [2.05, 4.69) is 10.1 Å². The fraction of sp³-hybridized carbons (Fsp3) is 0.846. The van der Waals surface area contributed by atoms with Crippen LogP contribution in [-0.2, 0) is 19.0 Å². The average molecular weight is 273 g/mol. The molecule has 1 saturated heterocycles. The summed E-state index contributed by atoms with van der Waals surface area (Å²) in [4.78, 5) is 22.8. The lowest BCUT2D eigenvalue weighted by molar-refractivity contribution is -0.154. The highest BCUT2D eigenvalue weighted by Crippen LogP contribution is 2.26. The number of rotatable bonds is 5. The molecule has 19 heavy (non-hydrogen) atoms. The minimum atomic E-state index is -0.538. The number of carbonyl (C=O) groups excluding carboxylic acids is 2. The van der Waals surface area contributed by atoms with Gasteiger partial charge in [-0.3, -0.25) is 0 Å². The van der Waals surface area contributed by atoms with Gasteiger partial charge in [0.25, 0.3) is 0 Å². The number of carbonyl (C=O) groups is 2. The first-order valence-corrected chi connectivity index (χ1v) is 6.58. The molecule has 0 aromatic rings. The molecular formula is C13H23NO5. The zero-order valence-electron chi connectivity index (χ0n) is 12.0. The molecule has 1 heterocycles. The standard InChI is InChI=1S/C13H23NO5/c1-8(2)7-18-13(16)14-6-10-5-9(3)11(19-10)12(15)17-4/h8-11H,5-7H2,1-4H3,(H,14,16)/t9-,10?,11+/m1/s1. The van der Waals surface area contributed by atoms with Crippen molar-refractivity contribution in [3.05, 3.63) is 0 Å². The Hall–Kier alpha value is -1.30. The molecule has 1 fully saturated rings. The lowest BCUT2D eigenvalue weighted by Gasteiger charge is -2.14. The Morgan fingerprint density at radius 2 is 2.11 bits per heavy atom. The van der Waals surface area contributed by atoms with E-state index in [1.165, 1.54) is 7.11 Å². The molecule has 3 atom stereocenters. The van der Waals surface area contributed by atoms with E-state index in [-0.39, 0.29) is 18.0 Å². The maximum absolute atomic E-state index is 11.4. The van der Waals surface area contributed by atoms with Crippen LogP contribution in [0.2, 0.25) is 0 Å². The van der Waals surface area contributed by atoms with E-state index in [0.717, 1.165) is 0 Å². The summed E-state index contributed by atoms with van der Waals surface area (Å²) in [6, 6.07) is 0. The highest BCUT2D eigenvalue weighted by Gasteiger charge is 2.37. The Morgan fingerprint density at radius 1 is 1.42 bits per heavy atom. The second-order valence-electron chi connectivity index (χ2n) is 5.29. The predicted molar refractivity (Wildman–Crippen MR) is 68.6 cm³/mol. The van der Waals surface area contributed by atoms with Gasteiger partial charge in [-0.2, -0.15) is 0 Å². The Bertz CT molecular complexity index is 318. The van der Waals surface area contributed by atoms with Crippen molar-refractivity contribution >= 4 is 12.1 Å². The highest BCUT2D eigenvalue weighted by atomic mass is 16.6. The Kier molecular flexibility index (Phi) is 6.08. The molecule has 0 aromatic heterocycles. The maximum atomic E-state index is 11.4. The predicted octanol–water partition coefficient (Wildman–Crippen LogP) is 1.34. The maximum Gasteiger partial charge on any atom is 0.407 e. The average Bonchev–Trinajstić information content (AvgIpc) is 2.74. The molecule has 0 saturated carbocycles. The van der Waals surface area contributed by atoms with Crippen LogP contribution in [0.25, 0.3) is 0 Å². The number of hydrogen-bond donors (Lipinski definition) is 1. The SMILES string of the molecule is COC(=O)[C@H]1OC(CNC(=O)OCC(C)C)C[C@H]1C. The summed E-state index contributed by atoms with van der Waals surface area (Å²) in [5.41, 5.74) is 0. The summed E-state index contributed by atoms with van der Waals surface area (Å²) in [5.74, 6) is 0.0283. The van der Waals surface area contributed by atoms with Crippen LogP contribution in [0.15, 0.2) is 0 Å². The first-order valence-electron chi connectivity index (χ1n) is 6.58. The van der Waals surface area contributed by atoms with E-state index in [1.807, 2.05) is 20.8 Å². The third kappa shape index (κ3) is 5.06. The first-order chi connectivity index (χ1) is 8.93. The van der Waals surface area contributed by atoms with Crippen LogP contribution >= 0.6 is 0 Å². The van der Waals surface area contributed by atoms with E-state index in [4.69, 9.17) is 9.47 Å². The van der Waals surface area contributed by atoms with Crippen LogP contribution in [-0.4, -0.2) is 44.5 Å². The summed E-state index contributed by atoms with van der Waals surface area (Å²) in [6.07, 6.45) is -0.454. The lowest BCUT2D eigenvalue weighted by atomic mass is 10.0. The molecule has 1 aliphatic rings. The van der Waals surface area contributed by atoms with Crippen molar-refractivity contribution in [2.24, 2.45) is 11.8 Å². The molecule has 0 spiro atoms. The molecule has 1 unspecified atom stereocenters. The van der Waals surface area contributed by atoms with Gasteiger partial charge in [-0.1, -0.05) is 20.8 Å². The van der Waals surface area contributed by atoms with Gasteiger partial charge >= 0.3 is 12.1 Å². The van der Waals surface area contributed by atoms with Gasteiger partial charge in [0.2, 0.25) is 0 Å². The number of nitrogens with one attached hydrogen (secondary N) is 1. The molecule has 1 N–H and O–H groups in total. The van der Waals surface area contributed by atoms with Gasteiger partial charge in [-0.15, -0.1) is 0 Å². The quantitative estimate of drug-likeness (QED) is 0.765. The summed E-state index contributed by atoms with van der Waals surface area (Å²) >= 11 is 0. The molecule has 0 aliphatic carbocycles. The molecule has 0 bridgehead atoms. The van der Waals surface area contributed by atoms with Crippen molar-refractivity contribution in [1.29, 1.82) is 0 Å². The zero-order valence-corrected chi connectivity index (χ0v) is 12.0. The third-order valence-electron chi connectivity index (χ3n) is 2.95. The Balaban J connectivity index is 2.28. The third-order valence-corrected chi connectivity index (χ3v) is 2.95. The summed E-state index contributed by atoms with van der Waals surface area (Å²) in [7, 11) is 1.34. The van der Waals surface area contributed by atoms with E-state index in [9.17, 15) is 9.59 Å². The molecule has 1 rings (SSSR count). The van der Waals surface area contributed by atoms with Gasteiger partial charge < -0.3 is 19.5 Å². The van der Waals surface area contributed by atoms with Crippen LogP contribution in [0.1, 0.15) is 27.2 Å². The first kappa shape index (κ1) is 15.8. The van der Waals surface area contributed by atoms with Gasteiger partial charge in [0.15, 0.2) is 6.10 Å². The summed E-state index contributed by atoms with van der Waals surface area (Å²) in [6.45, 7) is 6.60. The highest BCUT2D eigenvalue weighted by molar-refractivity contribution is 5.75. The van der Waals surface area contributed by atoms with Crippen molar-refractivity contribution in [2.75, 3.05) is 20.3 Å². The largest absolute Gasteiger partial charge is 0.467 e. The number of ether oxygens (including phenoxy) is 3. The molecule has 0 radical (unpaired) electrons.